The Morgan fingerprint density at radius 3 is 2.44 bits per heavy atom. The molecule has 4 nitrogen and oxygen atoms in total. The Morgan fingerprint density at radius 1 is 1.38 bits per heavy atom. The summed E-state index contributed by atoms with van der Waals surface area (Å²) < 4.78 is 5.09. The van der Waals surface area contributed by atoms with Gasteiger partial charge in [-0.25, -0.2) is 10.2 Å². The second kappa shape index (κ2) is 5.32. The molecule has 1 amide bonds. The van der Waals surface area contributed by atoms with Crippen molar-refractivity contribution >= 4 is 11.8 Å². The van der Waals surface area contributed by atoms with Crippen molar-refractivity contribution in [1.82, 2.24) is 5.43 Å². The van der Waals surface area contributed by atoms with Crippen LogP contribution < -0.4 is 5.43 Å². The predicted octanol–water partition coefficient (Wildman–Crippen LogP) is 3.08. The molecule has 1 aliphatic rings. The summed E-state index contributed by atoms with van der Waals surface area (Å²) in [6.07, 6.45) is 3.82. The number of ether oxygens (including phenoxy) is 1. The first-order valence-electron chi connectivity index (χ1n) is 5.91. The van der Waals surface area contributed by atoms with Gasteiger partial charge in [0.1, 0.15) is 5.60 Å². The quantitative estimate of drug-likeness (QED) is 0.698. The summed E-state index contributed by atoms with van der Waals surface area (Å²) in [4.78, 5) is 11.3. The van der Waals surface area contributed by atoms with Crippen LogP contribution in [-0.4, -0.2) is 17.4 Å². The lowest BCUT2D eigenvalue weighted by molar-refractivity contribution is 0.0529. The first-order valence-corrected chi connectivity index (χ1v) is 5.91. The molecule has 0 bridgehead atoms. The van der Waals surface area contributed by atoms with Crippen molar-refractivity contribution in [2.45, 2.75) is 59.0 Å². The smallest absolute Gasteiger partial charge is 0.428 e. The number of amides is 1. The minimum absolute atomic E-state index is 0.467. The van der Waals surface area contributed by atoms with Gasteiger partial charge in [-0.2, -0.15) is 5.10 Å². The number of nitrogens with zero attached hydrogens (tertiary/aromatic N) is 1. The molecule has 0 atom stereocenters. The topological polar surface area (TPSA) is 50.7 Å². The highest BCUT2D eigenvalue weighted by atomic mass is 16.6. The van der Waals surface area contributed by atoms with E-state index in [1.807, 2.05) is 20.8 Å². The SMILES string of the molecule is CC1CCC(=NNC(=O)OC(C)(C)C)CC1. The van der Waals surface area contributed by atoms with Crippen molar-refractivity contribution in [1.29, 1.82) is 0 Å². The van der Waals surface area contributed by atoms with Gasteiger partial charge in [-0.05, 0) is 52.4 Å². The van der Waals surface area contributed by atoms with Crippen molar-refractivity contribution in [3.05, 3.63) is 0 Å². The molecule has 1 N–H and O–H groups in total. The van der Waals surface area contributed by atoms with Gasteiger partial charge in [0.2, 0.25) is 0 Å². The van der Waals surface area contributed by atoms with E-state index < -0.39 is 11.7 Å². The summed E-state index contributed by atoms with van der Waals surface area (Å²) in [6.45, 7) is 7.75. The number of nitrogens with one attached hydrogen (secondary N) is 1. The molecule has 1 rings (SSSR count). The zero-order chi connectivity index (χ0) is 12.2. The van der Waals surface area contributed by atoms with Crippen LogP contribution >= 0.6 is 0 Å². The monoisotopic (exact) mass is 226 g/mol. The molecule has 0 aliphatic heterocycles. The van der Waals surface area contributed by atoms with Gasteiger partial charge in [-0.3, -0.25) is 0 Å². The van der Waals surface area contributed by atoms with Gasteiger partial charge >= 0.3 is 6.09 Å². The fourth-order valence-electron chi connectivity index (χ4n) is 1.63. The molecule has 16 heavy (non-hydrogen) atoms. The van der Waals surface area contributed by atoms with Crippen LogP contribution in [0.25, 0.3) is 0 Å². The first-order chi connectivity index (χ1) is 7.37. The van der Waals surface area contributed by atoms with Crippen molar-refractivity contribution in [3.8, 4) is 0 Å². The van der Waals surface area contributed by atoms with Crippen molar-refractivity contribution < 1.29 is 9.53 Å². The standard InChI is InChI=1S/C12H22N2O2/c1-9-5-7-10(8-6-9)13-14-11(15)16-12(2,3)4/h9H,5-8H2,1-4H3,(H,14,15). The number of carbonyl (C=O) groups excluding carboxylic acids is 1. The second-order valence-corrected chi connectivity index (χ2v) is 5.47. The first kappa shape index (κ1) is 13.0. The average Bonchev–Trinajstić information content (AvgIpc) is 2.14. The molecule has 0 unspecified atom stereocenters. The molecule has 1 saturated carbocycles. The van der Waals surface area contributed by atoms with E-state index in [0.29, 0.717) is 0 Å². The Balaban J connectivity index is 2.33. The molecule has 0 aromatic rings. The van der Waals surface area contributed by atoms with Crippen LogP contribution in [0.4, 0.5) is 4.79 Å². The highest BCUT2D eigenvalue weighted by Crippen LogP contribution is 2.21. The van der Waals surface area contributed by atoms with Crippen LogP contribution in [0, 0.1) is 5.92 Å². The Kier molecular flexibility index (Phi) is 4.33. The molecule has 0 heterocycles. The summed E-state index contributed by atoms with van der Waals surface area (Å²) in [5.74, 6) is 0.778. The van der Waals surface area contributed by atoms with Crippen LogP contribution in [-0.2, 0) is 4.74 Å². The van der Waals surface area contributed by atoms with Crippen LogP contribution in [0.3, 0.4) is 0 Å². The van der Waals surface area contributed by atoms with E-state index in [4.69, 9.17) is 4.74 Å². The van der Waals surface area contributed by atoms with E-state index in [0.717, 1.165) is 37.3 Å². The number of rotatable bonds is 1. The average molecular weight is 226 g/mol. The molecule has 92 valence electrons. The zero-order valence-electron chi connectivity index (χ0n) is 10.7. The predicted molar refractivity (Wildman–Crippen MR) is 64.4 cm³/mol. The minimum Gasteiger partial charge on any atom is -0.443 e. The molecule has 1 fully saturated rings. The van der Waals surface area contributed by atoms with Crippen molar-refractivity contribution in [3.63, 3.8) is 0 Å². The number of hydrogen-bond acceptors (Lipinski definition) is 3. The highest BCUT2D eigenvalue weighted by molar-refractivity contribution is 5.86. The van der Waals surface area contributed by atoms with E-state index >= 15 is 0 Å². The van der Waals surface area contributed by atoms with Crippen LogP contribution in [0.15, 0.2) is 5.10 Å². The lowest BCUT2D eigenvalue weighted by Gasteiger charge is -2.20. The molecule has 0 aromatic carbocycles. The number of hydrogen-bond donors (Lipinski definition) is 1. The third-order valence-electron chi connectivity index (χ3n) is 2.56. The Bertz CT molecular complexity index is 269. The summed E-state index contributed by atoms with van der Waals surface area (Å²) in [5.41, 5.74) is 3.06. The summed E-state index contributed by atoms with van der Waals surface area (Å²) in [6, 6.07) is 0. The molecule has 0 saturated heterocycles. The maximum Gasteiger partial charge on any atom is 0.428 e. The molecule has 0 aromatic heterocycles. The maximum atomic E-state index is 11.3. The fraction of sp³-hybridized carbons (Fsp3) is 0.833. The lowest BCUT2D eigenvalue weighted by Crippen LogP contribution is -2.30. The third-order valence-corrected chi connectivity index (χ3v) is 2.56. The van der Waals surface area contributed by atoms with Gasteiger partial charge < -0.3 is 4.74 Å². The van der Waals surface area contributed by atoms with Gasteiger partial charge in [0, 0.05) is 5.71 Å². The van der Waals surface area contributed by atoms with E-state index in [-0.39, 0.29) is 0 Å². The van der Waals surface area contributed by atoms with E-state index in [1.165, 1.54) is 0 Å². The summed E-state index contributed by atoms with van der Waals surface area (Å²) in [7, 11) is 0. The normalized spacial score (nSPS) is 21.5. The fourth-order valence-corrected chi connectivity index (χ4v) is 1.63. The maximum absolute atomic E-state index is 11.3. The van der Waals surface area contributed by atoms with E-state index in [9.17, 15) is 4.79 Å². The molecule has 0 radical (unpaired) electrons. The van der Waals surface area contributed by atoms with Gasteiger partial charge in [0.05, 0.1) is 0 Å². The lowest BCUT2D eigenvalue weighted by atomic mass is 9.90. The van der Waals surface area contributed by atoms with Gasteiger partial charge in [0.25, 0.3) is 0 Å². The highest BCUT2D eigenvalue weighted by Gasteiger charge is 2.17. The van der Waals surface area contributed by atoms with Crippen LogP contribution in [0.2, 0.25) is 0 Å². The van der Waals surface area contributed by atoms with Crippen molar-refractivity contribution in [2.75, 3.05) is 0 Å². The van der Waals surface area contributed by atoms with E-state index in [2.05, 4.69) is 17.5 Å². The number of carbonyl (C=O) groups is 1. The summed E-state index contributed by atoms with van der Waals surface area (Å²) >= 11 is 0. The molecular weight excluding hydrogens is 204 g/mol. The van der Waals surface area contributed by atoms with E-state index in [1.54, 1.807) is 0 Å². The molecule has 1 aliphatic carbocycles. The van der Waals surface area contributed by atoms with Crippen LogP contribution in [0.1, 0.15) is 53.4 Å². The van der Waals surface area contributed by atoms with Crippen molar-refractivity contribution in [2.24, 2.45) is 11.0 Å². The Hall–Kier alpha value is -1.06. The van der Waals surface area contributed by atoms with Gasteiger partial charge in [-0.1, -0.05) is 6.92 Å². The van der Waals surface area contributed by atoms with Gasteiger partial charge in [-0.15, -0.1) is 0 Å². The zero-order valence-corrected chi connectivity index (χ0v) is 10.7. The second-order valence-electron chi connectivity index (χ2n) is 5.47. The molecule has 4 heteroatoms. The van der Waals surface area contributed by atoms with Gasteiger partial charge in [0.15, 0.2) is 0 Å². The largest absolute Gasteiger partial charge is 0.443 e. The van der Waals surface area contributed by atoms with Crippen LogP contribution in [0.5, 0.6) is 0 Å². The Labute approximate surface area is 97.4 Å². The Morgan fingerprint density at radius 2 is 1.94 bits per heavy atom. The molecular formula is C12H22N2O2. The molecule has 0 spiro atoms. The number of hydrazone groups is 1. The summed E-state index contributed by atoms with van der Waals surface area (Å²) in [5, 5.41) is 4.09. The minimum atomic E-state index is -0.473. The third kappa shape index (κ3) is 5.14.